The van der Waals surface area contributed by atoms with Gasteiger partial charge < -0.3 is 0 Å². The minimum Gasteiger partial charge on any atom is -0.296 e. The van der Waals surface area contributed by atoms with Gasteiger partial charge in [-0.15, -0.1) is 0 Å². The van der Waals surface area contributed by atoms with Crippen LogP contribution in [-0.4, -0.2) is 22.8 Å². The van der Waals surface area contributed by atoms with E-state index < -0.39 is 0 Å². The summed E-state index contributed by atoms with van der Waals surface area (Å²) in [5.41, 5.74) is 0.595. The molecule has 1 aromatic carbocycles. The summed E-state index contributed by atoms with van der Waals surface area (Å²) in [6.45, 7) is 5.73. The molecule has 0 aliphatic heterocycles. The predicted octanol–water partition coefficient (Wildman–Crippen LogP) is 4.47. The first-order chi connectivity index (χ1) is 8.06. The van der Waals surface area contributed by atoms with Crippen molar-refractivity contribution in [3.63, 3.8) is 0 Å². The molecular formula is C13H18BrClFN. The van der Waals surface area contributed by atoms with Crippen molar-refractivity contribution in [3.8, 4) is 0 Å². The van der Waals surface area contributed by atoms with Crippen LogP contribution in [0, 0.1) is 5.82 Å². The minimum absolute atomic E-state index is 0.220. The van der Waals surface area contributed by atoms with Gasteiger partial charge in [0.2, 0.25) is 0 Å². The van der Waals surface area contributed by atoms with Crippen LogP contribution in [0.25, 0.3) is 0 Å². The maximum absolute atomic E-state index is 13.7. The molecule has 0 unspecified atom stereocenters. The van der Waals surface area contributed by atoms with E-state index in [0.29, 0.717) is 23.2 Å². The zero-order valence-electron chi connectivity index (χ0n) is 10.2. The Bertz CT molecular complexity index is 337. The highest BCUT2D eigenvalue weighted by molar-refractivity contribution is 9.09. The number of rotatable bonds is 6. The van der Waals surface area contributed by atoms with E-state index >= 15 is 0 Å². The van der Waals surface area contributed by atoms with Gasteiger partial charge in [-0.05, 0) is 38.9 Å². The number of benzene rings is 1. The molecule has 0 fully saturated rings. The van der Waals surface area contributed by atoms with E-state index in [4.69, 9.17) is 11.6 Å². The molecule has 0 radical (unpaired) electrons. The molecule has 0 atom stereocenters. The first-order valence-electron chi connectivity index (χ1n) is 5.79. The Morgan fingerprint density at radius 3 is 2.65 bits per heavy atom. The molecule has 1 nitrogen and oxygen atoms in total. The SMILES string of the molecule is CC(C)N(CCCBr)Cc1c(F)cccc1Cl. The third kappa shape index (κ3) is 4.57. The molecule has 0 aromatic heterocycles. The fourth-order valence-corrected chi connectivity index (χ4v) is 2.14. The number of hydrogen-bond acceptors (Lipinski definition) is 1. The number of halogens is 3. The monoisotopic (exact) mass is 321 g/mol. The van der Waals surface area contributed by atoms with Gasteiger partial charge in [-0.1, -0.05) is 33.6 Å². The molecule has 0 bridgehead atoms. The van der Waals surface area contributed by atoms with Crippen molar-refractivity contribution in [1.82, 2.24) is 4.90 Å². The van der Waals surface area contributed by atoms with E-state index in [0.717, 1.165) is 18.3 Å². The van der Waals surface area contributed by atoms with Gasteiger partial charge in [0, 0.05) is 28.5 Å². The Balaban J connectivity index is 2.78. The lowest BCUT2D eigenvalue weighted by molar-refractivity contribution is 0.211. The first kappa shape index (κ1) is 14.9. The maximum Gasteiger partial charge on any atom is 0.129 e. The number of alkyl halides is 1. The fraction of sp³-hybridized carbons (Fsp3) is 0.538. The predicted molar refractivity (Wildman–Crippen MR) is 75.4 cm³/mol. The summed E-state index contributed by atoms with van der Waals surface area (Å²) in [4.78, 5) is 2.23. The van der Waals surface area contributed by atoms with E-state index in [1.54, 1.807) is 12.1 Å². The van der Waals surface area contributed by atoms with E-state index in [2.05, 4.69) is 34.7 Å². The molecule has 17 heavy (non-hydrogen) atoms. The lowest BCUT2D eigenvalue weighted by Crippen LogP contribution is -2.32. The Morgan fingerprint density at radius 2 is 2.12 bits per heavy atom. The second-order valence-electron chi connectivity index (χ2n) is 4.31. The molecule has 0 saturated heterocycles. The van der Waals surface area contributed by atoms with Gasteiger partial charge in [0.05, 0.1) is 0 Å². The normalized spacial score (nSPS) is 11.5. The van der Waals surface area contributed by atoms with Crippen molar-refractivity contribution in [2.45, 2.75) is 32.9 Å². The summed E-state index contributed by atoms with van der Waals surface area (Å²) in [5, 5.41) is 1.47. The second kappa shape index (κ2) is 7.34. The fourth-order valence-electron chi connectivity index (χ4n) is 1.67. The van der Waals surface area contributed by atoms with E-state index in [9.17, 15) is 4.39 Å². The van der Waals surface area contributed by atoms with Crippen LogP contribution in [0.3, 0.4) is 0 Å². The van der Waals surface area contributed by atoms with Crippen LogP contribution >= 0.6 is 27.5 Å². The molecule has 0 N–H and O–H groups in total. The van der Waals surface area contributed by atoms with Crippen molar-refractivity contribution in [3.05, 3.63) is 34.6 Å². The summed E-state index contributed by atoms with van der Waals surface area (Å²) < 4.78 is 13.7. The Hall–Kier alpha value is -0.120. The lowest BCUT2D eigenvalue weighted by Gasteiger charge is -2.26. The largest absolute Gasteiger partial charge is 0.296 e. The minimum atomic E-state index is -0.220. The molecule has 0 amide bonds. The molecule has 1 rings (SSSR count). The quantitative estimate of drug-likeness (QED) is 0.698. The van der Waals surface area contributed by atoms with Gasteiger partial charge >= 0.3 is 0 Å². The summed E-state index contributed by atoms with van der Waals surface area (Å²) in [6, 6.07) is 5.22. The van der Waals surface area contributed by atoms with Crippen LogP contribution in [0.5, 0.6) is 0 Å². The average Bonchev–Trinajstić information content (AvgIpc) is 2.27. The topological polar surface area (TPSA) is 3.24 Å². The van der Waals surface area contributed by atoms with Crippen LogP contribution in [0.2, 0.25) is 5.02 Å². The second-order valence-corrected chi connectivity index (χ2v) is 5.51. The van der Waals surface area contributed by atoms with Gasteiger partial charge in [0.15, 0.2) is 0 Å². The first-order valence-corrected chi connectivity index (χ1v) is 7.29. The van der Waals surface area contributed by atoms with Gasteiger partial charge in [0.25, 0.3) is 0 Å². The van der Waals surface area contributed by atoms with Crippen molar-refractivity contribution < 1.29 is 4.39 Å². The van der Waals surface area contributed by atoms with Crippen LogP contribution in [0.1, 0.15) is 25.8 Å². The van der Waals surface area contributed by atoms with Gasteiger partial charge in [-0.25, -0.2) is 4.39 Å². The van der Waals surface area contributed by atoms with Gasteiger partial charge in [0.1, 0.15) is 5.82 Å². The molecule has 96 valence electrons. The Labute approximate surface area is 116 Å². The summed E-state index contributed by atoms with van der Waals surface area (Å²) in [5.74, 6) is -0.220. The van der Waals surface area contributed by atoms with E-state index in [1.807, 2.05) is 0 Å². The highest BCUT2D eigenvalue weighted by Gasteiger charge is 2.14. The maximum atomic E-state index is 13.7. The molecule has 0 aliphatic carbocycles. The molecule has 1 aromatic rings. The van der Waals surface area contributed by atoms with E-state index in [-0.39, 0.29) is 5.82 Å². The molecular weight excluding hydrogens is 305 g/mol. The number of hydrogen-bond donors (Lipinski definition) is 0. The number of nitrogens with zero attached hydrogens (tertiary/aromatic N) is 1. The van der Waals surface area contributed by atoms with E-state index in [1.165, 1.54) is 6.07 Å². The molecule has 0 heterocycles. The van der Waals surface area contributed by atoms with Crippen molar-refractivity contribution in [2.24, 2.45) is 0 Å². The summed E-state index contributed by atoms with van der Waals surface area (Å²) in [7, 11) is 0. The van der Waals surface area contributed by atoms with Gasteiger partial charge in [-0.3, -0.25) is 4.90 Å². The molecule has 0 spiro atoms. The van der Waals surface area contributed by atoms with Gasteiger partial charge in [-0.2, -0.15) is 0 Å². The van der Waals surface area contributed by atoms with Crippen LogP contribution in [0.4, 0.5) is 4.39 Å². The highest BCUT2D eigenvalue weighted by atomic mass is 79.9. The lowest BCUT2D eigenvalue weighted by atomic mass is 10.1. The molecule has 0 aliphatic rings. The smallest absolute Gasteiger partial charge is 0.129 e. The third-order valence-electron chi connectivity index (χ3n) is 2.73. The van der Waals surface area contributed by atoms with Crippen LogP contribution in [-0.2, 0) is 6.54 Å². The van der Waals surface area contributed by atoms with Crippen molar-refractivity contribution in [1.29, 1.82) is 0 Å². The highest BCUT2D eigenvalue weighted by Crippen LogP contribution is 2.21. The van der Waals surface area contributed by atoms with Crippen LogP contribution in [0.15, 0.2) is 18.2 Å². The standard InChI is InChI=1S/C13H18BrClFN/c1-10(2)17(8-4-7-14)9-11-12(15)5-3-6-13(11)16/h3,5-6,10H,4,7-9H2,1-2H3. The van der Waals surface area contributed by atoms with Crippen molar-refractivity contribution in [2.75, 3.05) is 11.9 Å². The average molecular weight is 323 g/mol. The zero-order chi connectivity index (χ0) is 12.8. The molecule has 0 saturated carbocycles. The Morgan fingerprint density at radius 1 is 1.41 bits per heavy atom. The van der Waals surface area contributed by atoms with Crippen molar-refractivity contribution >= 4 is 27.5 Å². The third-order valence-corrected chi connectivity index (χ3v) is 3.65. The van der Waals surface area contributed by atoms with Crippen LogP contribution < -0.4 is 0 Å². The summed E-state index contributed by atoms with van der Waals surface area (Å²) in [6.07, 6.45) is 1.05. The zero-order valence-corrected chi connectivity index (χ0v) is 12.6. The summed E-state index contributed by atoms with van der Waals surface area (Å²) >= 11 is 9.45. The molecule has 4 heteroatoms. The Kier molecular flexibility index (Phi) is 6.45.